The van der Waals surface area contributed by atoms with Crippen LogP contribution in [0.1, 0.15) is 30.7 Å². The van der Waals surface area contributed by atoms with E-state index >= 15 is 0 Å². The van der Waals surface area contributed by atoms with E-state index in [0.717, 1.165) is 32.4 Å². The lowest BCUT2D eigenvalue weighted by Gasteiger charge is -2.44. The minimum atomic E-state index is -0.610. The SMILES string of the molecule is O=C(O)C1CCCC1N1CC(c2ccccc2)C1. The molecule has 1 aromatic rings. The number of nitrogens with zero attached hydrogens (tertiary/aromatic N) is 1. The van der Waals surface area contributed by atoms with Crippen LogP contribution in [0.2, 0.25) is 0 Å². The standard InChI is InChI=1S/C15H19NO2/c17-15(18)13-7-4-8-14(13)16-9-12(10-16)11-5-2-1-3-6-11/h1-3,5-6,12-14H,4,7-10H2,(H,17,18). The largest absolute Gasteiger partial charge is 0.481 e. The number of hydrogen-bond acceptors (Lipinski definition) is 2. The van der Waals surface area contributed by atoms with Crippen molar-refractivity contribution in [2.45, 2.75) is 31.2 Å². The monoisotopic (exact) mass is 245 g/mol. The van der Waals surface area contributed by atoms with Gasteiger partial charge < -0.3 is 5.11 Å². The first kappa shape index (κ1) is 11.7. The van der Waals surface area contributed by atoms with Crippen LogP contribution in [0, 0.1) is 5.92 Å². The summed E-state index contributed by atoms with van der Waals surface area (Å²) >= 11 is 0. The van der Waals surface area contributed by atoms with Gasteiger partial charge in [-0.1, -0.05) is 36.8 Å². The maximum absolute atomic E-state index is 11.2. The van der Waals surface area contributed by atoms with Gasteiger partial charge in [0.15, 0.2) is 0 Å². The van der Waals surface area contributed by atoms with Crippen LogP contribution in [0.4, 0.5) is 0 Å². The lowest BCUT2D eigenvalue weighted by atomic mass is 9.88. The number of hydrogen-bond donors (Lipinski definition) is 1. The average molecular weight is 245 g/mol. The molecule has 2 aliphatic rings. The summed E-state index contributed by atoms with van der Waals surface area (Å²) in [6, 6.07) is 10.8. The van der Waals surface area contributed by atoms with E-state index in [1.165, 1.54) is 5.56 Å². The molecular formula is C15H19NO2. The van der Waals surface area contributed by atoms with Crippen LogP contribution in [0.25, 0.3) is 0 Å². The molecule has 1 saturated carbocycles. The molecule has 0 spiro atoms. The van der Waals surface area contributed by atoms with Crippen molar-refractivity contribution in [1.29, 1.82) is 0 Å². The highest BCUT2D eigenvalue weighted by Crippen LogP contribution is 2.37. The molecule has 1 aliphatic carbocycles. The highest BCUT2D eigenvalue weighted by molar-refractivity contribution is 5.71. The molecule has 1 heterocycles. The van der Waals surface area contributed by atoms with Crippen LogP contribution in [0.3, 0.4) is 0 Å². The van der Waals surface area contributed by atoms with Crippen molar-refractivity contribution in [3.8, 4) is 0 Å². The second-order valence-corrected chi connectivity index (χ2v) is 5.50. The van der Waals surface area contributed by atoms with Crippen LogP contribution < -0.4 is 0 Å². The van der Waals surface area contributed by atoms with E-state index in [-0.39, 0.29) is 12.0 Å². The van der Waals surface area contributed by atoms with Crippen molar-refractivity contribution in [2.24, 2.45) is 5.92 Å². The molecule has 2 atom stereocenters. The molecule has 3 rings (SSSR count). The van der Waals surface area contributed by atoms with Gasteiger partial charge in [0.05, 0.1) is 5.92 Å². The van der Waals surface area contributed by atoms with Crippen molar-refractivity contribution < 1.29 is 9.90 Å². The third-order valence-corrected chi connectivity index (χ3v) is 4.45. The van der Waals surface area contributed by atoms with Crippen LogP contribution in [-0.4, -0.2) is 35.1 Å². The van der Waals surface area contributed by atoms with E-state index in [1.54, 1.807) is 0 Å². The number of carboxylic acids is 1. The van der Waals surface area contributed by atoms with Gasteiger partial charge in [-0.25, -0.2) is 0 Å². The number of rotatable bonds is 3. The first-order valence-electron chi connectivity index (χ1n) is 6.77. The molecule has 18 heavy (non-hydrogen) atoms. The lowest BCUT2D eigenvalue weighted by molar-refractivity contribution is -0.144. The Hall–Kier alpha value is -1.35. The Bertz CT molecular complexity index is 425. The molecule has 0 radical (unpaired) electrons. The smallest absolute Gasteiger partial charge is 0.308 e. The average Bonchev–Trinajstić information content (AvgIpc) is 2.77. The number of aliphatic carboxylic acids is 1. The van der Waals surface area contributed by atoms with E-state index in [1.807, 2.05) is 6.07 Å². The quantitative estimate of drug-likeness (QED) is 0.888. The summed E-state index contributed by atoms with van der Waals surface area (Å²) in [4.78, 5) is 13.5. The summed E-state index contributed by atoms with van der Waals surface area (Å²) in [5.41, 5.74) is 1.39. The van der Waals surface area contributed by atoms with Crippen molar-refractivity contribution in [3.05, 3.63) is 35.9 Å². The maximum atomic E-state index is 11.2. The molecule has 3 nitrogen and oxygen atoms in total. The molecule has 2 unspecified atom stereocenters. The Balaban J connectivity index is 1.60. The number of benzene rings is 1. The predicted octanol–water partition coefficient (Wildman–Crippen LogP) is 2.34. The fourth-order valence-corrected chi connectivity index (χ4v) is 3.39. The predicted molar refractivity (Wildman–Crippen MR) is 69.5 cm³/mol. The zero-order chi connectivity index (χ0) is 12.5. The molecule has 0 amide bonds. The number of likely N-dealkylation sites (tertiary alicyclic amines) is 1. The summed E-state index contributed by atoms with van der Waals surface area (Å²) in [6.07, 6.45) is 2.97. The van der Waals surface area contributed by atoms with Gasteiger partial charge in [0, 0.05) is 25.0 Å². The second-order valence-electron chi connectivity index (χ2n) is 5.50. The fourth-order valence-electron chi connectivity index (χ4n) is 3.39. The highest BCUT2D eigenvalue weighted by atomic mass is 16.4. The second kappa shape index (κ2) is 4.73. The Morgan fingerprint density at radius 3 is 2.56 bits per heavy atom. The molecule has 2 fully saturated rings. The molecule has 1 saturated heterocycles. The summed E-state index contributed by atoms with van der Waals surface area (Å²) in [5.74, 6) is -0.149. The van der Waals surface area contributed by atoms with Gasteiger partial charge in [-0.15, -0.1) is 0 Å². The van der Waals surface area contributed by atoms with Crippen molar-refractivity contribution in [1.82, 2.24) is 4.90 Å². The van der Waals surface area contributed by atoms with Crippen molar-refractivity contribution in [2.75, 3.05) is 13.1 Å². The van der Waals surface area contributed by atoms with E-state index in [0.29, 0.717) is 5.92 Å². The molecule has 96 valence electrons. The zero-order valence-corrected chi connectivity index (χ0v) is 10.5. The topological polar surface area (TPSA) is 40.5 Å². The van der Waals surface area contributed by atoms with Gasteiger partial charge >= 0.3 is 5.97 Å². The van der Waals surface area contributed by atoms with Crippen molar-refractivity contribution >= 4 is 5.97 Å². The zero-order valence-electron chi connectivity index (χ0n) is 10.5. The molecule has 1 aromatic carbocycles. The van der Waals surface area contributed by atoms with Gasteiger partial charge in [-0.2, -0.15) is 0 Å². The summed E-state index contributed by atoms with van der Waals surface area (Å²) in [7, 11) is 0. The third kappa shape index (κ3) is 2.03. The van der Waals surface area contributed by atoms with Gasteiger partial charge in [-0.3, -0.25) is 9.69 Å². The lowest BCUT2D eigenvalue weighted by Crippen LogP contribution is -2.53. The molecule has 0 bridgehead atoms. The third-order valence-electron chi connectivity index (χ3n) is 4.45. The van der Waals surface area contributed by atoms with Gasteiger partial charge in [0.1, 0.15) is 0 Å². The molecule has 1 N–H and O–H groups in total. The minimum absolute atomic E-state index is 0.137. The van der Waals surface area contributed by atoms with Gasteiger partial charge in [0.25, 0.3) is 0 Å². The molecule has 0 aromatic heterocycles. The number of carbonyl (C=O) groups is 1. The summed E-state index contributed by atoms with van der Waals surface area (Å²) < 4.78 is 0. The van der Waals surface area contributed by atoms with E-state index < -0.39 is 5.97 Å². The summed E-state index contributed by atoms with van der Waals surface area (Å²) in [6.45, 7) is 2.05. The normalized spacial score (nSPS) is 29.1. The van der Waals surface area contributed by atoms with Crippen LogP contribution >= 0.6 is 0 Å². The van der Waals surface area contributed by atoms with Gasteiger partial charge in [-0.05, 0) is 18.4 Å². The number of carboxylic acid groups (broad SMARTS) is 1. The first-order valence-corrected chi connectivity index (χ1v) is 6.77. The van der Waals surface area contributed by atoms with E-state index in [2.05, 4.69) is 29.2 Å². The Labute approximate surface area is 107 Å². The highest BCUT2D eigenvalue weighted by Gasteiger charge is 2.41. The van der Waals surface area contributed by atoms with Crippen molar-refractivity contribution in [3.63, 3.8) is 0 Å². The van der Waals surface area contributed by atoms with Crippen LogP contribution in [-0.2, 0) is 4.79 Å². The molecular weight excluding hydrogens is 226 g/mol. The van der Waals surface area contributed by atoms with Gasteiger partial charge in [0.2, 0.25) is 0 Å². The minimum Gasteiger partial charge on any atom is -0.481 e. The van der Waals surface area contributed by atoms with Crippen LogP contribution in [0.5, 0.6) is 0 Å². The van der Waals surface area contributed by atoms with Crippen LogP contribution in [0.15, 0.2) is 30.3 Å². The Kier molecular flexibility index (Phi) is 3.08. The maximum Gasteiger partial charge on any atom is 0.308 e. The Morgan fingerprint density at radius 1 is 1.17 bits per heavy atom. The van der Waals surface area contributed by atoms with E-state index in [9.17, 15) is 9.90 Å². The molecule has 3 heteroatoms. The summed E-state index contributed by atoms with van der Waals surface area (Å²) in [5, 5.41) is 9.21. The molecule has 1 aliphatic heterocycles. The first-order chi connectivity index (χ1) is 8.75. The van der Waals surface area contributed by atoms with E-state index in [4.69, 9.17) is 0 Å². The Morgan fingerprint density at radius 2 is 1.89 bits per heavy atom. The fraction of sp³-hybridized carbons (Fsp3) is 0.533.